The number of hydrogen-bond donors (Lipinski definition) is 2. The molecule has 21 heavy (non-hydrogen) atoms. The van der Waals surface area contributed by atoms with Gasteiger partial charge in [-0.1, -0.05) is 32.4 Å². The number of fused-ring (bicyclic) bond motifs is 2. The van der Waals surface area contributed by atoms with Crippen LogP contribution in [0.2, 0.25) is 5.02 Å². The lowest BCUT2D eigenvalue weighted by molar-refractivity contribution is 0.0738. The van der Waals surface area contributed by atoms with E-state index >= 15 is 0 Å². The number of halogens is 1. The number of amides is 1. The van der Waals surface area contributed by atoms with Crippen LogP contribution >= 0.6 is 11.6 Å². The number of carbonyl (C=O) groups excluding carboxylic acids is 1. The molecule has 2 aliphatic carbocycles. The number of rotatable bonds is 2. The largest absolute Gasteiger partial charge is 0.398 e. The van der Waals surface area contributed by atoms with E-state index in [2.05, 4.69) is 26.1 Å². The highest BCUT2D eigenvalue weighted by molar-refractivity contribution is 6.31. The van der Waals surface area contributed by atoms with E-state index in [0.717, 1.165) is 0 Å². The second-order valence-corrected chi connectivity index (χ2v) is 7.99. The van der Waals surface area contributed by atoms with E-state index in [4.69, 9.17) is 17.3 Å². The molecule has 3 N–H and O–H groups in total. The maximum absolute atomic E-state index is 12.6. The molecule has 114 valence electrons. The van der Waals surface area contributed by atoms with Crippen molar-refractivity contribution in [2.45, 2.75) is 46.1 Å². The van der Waals surface area contributed by atoms with Gasteiger partial charge in [-0.15, -0.1) is 0 Å². The topological polar surface area (TPSA) is 55.1 Å². The molecule has 0 heterocycles. The fraction of sp³-hybridized carbons (Fsp3) is 0.588. The van der Waals surface area contributed by atoms with Crippen LogP contribution in [0.1, 0.15) is 50.4 Å². The highest BCUT2D eigenvalue weighted by Gasteiger charge is 2.59. The van der Waals surface area contributed by atoms with Crippen LogP contribution in [0.4, 0.5) is 5.69 Å². The van der Waals surface area contributed by atoms with E-state index in [1.54, 1.807) is 18.2 Å². The van der Waals surface area contributed by atoms with E-state index < -0.39 is 0 Å². The smallest absolute Gasteiger partial charge is 0.253 e. The Bertz CT molecular complexity index is 594. The third-order valence-electron chi connectivity index (χ3n) is 5.80. The van der Waals surface area contributed by atoms with Gasteiger partial charge in [0.2, 0.25) is 0 Å². The van der Waals surface area contributed by atoms with Crippen LogP contribution in [0.5, 0.6) is 0 Å². The highest BCUT2D eigenvalue weighted by atomic mass is 35.5. The third kappa shape index (κ3) is 2.22. The molecule has 0 aromatic heterocycles. The van der Waals surface area contributed by atoms with E-state index in [9.17, 15) is 4.79 Å². The molecule has 3 unspecified atom stereocenters. The fourth-order valence-electron chi connectivity index (χ4n) is 4.61. The van der Waals surface area contributed by atoms with E-state index in [0.29, 0.717) is 22.2 Å². The summed E-state index contributed by atoms with van der Waals surface area (Å²) in [6.07, 6.45) is 3.68. The second kappa shape index (κ2) is 4.64. The monoisotopic (exact) mass is 306 g/mol. The zero-order valence-electron chi connectivity index (χ0n) is 12.9. The first kappa shape index (κ1) is 14.7. The highest BCUT2D eigenvalue weighted by Crippen LogP contribution is 2.62. The molecule has 2 aliphatic rings. The Morgan fingerprint density at radius 3 is 2.67 bits per heavy atom. The van der Waals surface area contributed by atoms with Crippen molar-refractivity contribution in [2.24, 2.45) is 16.7 Å². The number of carbonyl (C=O) groups is 1. The molecule has 3 nitrogen and oxygen atoms in total. The summed E-state index contributed by atoms with van der Waals surface area (Å²) in [6.45, 7) is 6.86. The van der Waals surface area contributed by atoms with Gasteiger partial charge in [0, 0.05) is 16.8 Å². The predicted octanol–water partition coefficient (Wildman–Crippen LogP) is 3.87. The first-order chi connectivity index (χ1) is 9.74. The number of benzene rings is 1. The molecule has 2 fully saturated rings. The predicted molar refractivity (Wildman–Crippen MR) is 86.3 cm³/mol. The lowest BCUT2D eigenvalue weighted by Gasteiger charge is -2.43. The summed E-state index contributed by atoms with van der Waals surface area (Å²) >= 11 is 5.90. The summed E-state index contributed by atoms with van der Waals surface area (Å²) in [5, 5.41) is 3.81. The van der Waals surface area contributed by atoms with E-state index in [1.807, 2.05) is 0 Å². The van der Waals surface area contributed by atoms with Gasteiger partial charge in [0.05, 0.1) is 5.56 Å². The minimum absolute atomic E-state index is 0.0870. The van der Waals surface area contributed by atoms with Crippen molar-refractivity contribution < 1.29 is 4.79 Å². The van der Waals surface area contributed by atoms with E-state index in [-0.39, 0.29) is 22.8 Å². The molecular formula is C17H23ClN2O. The van der Waals surface area contributed by atoms with Crippen LogP contribution in [0, 0.1) is 16.7 Å². The standard InChI is InChI=1S/C17H23ClN2O/c1-16(2)10-6-7-17(3,9-10)15(16)20-14(21)12-5-4-11(18)8-13(12)19/h4-5,8,10,15H,6-7,9,19H2,1-3H3,(H,20,21). The molecule has 2 saturated carbocycles. The lowest BCUT2D eigenvalue weighted by Crippen LogP contribution is -2.52. The van der Waals surface area contributed by atoms with Crippen LogP contribution in [0.25, 0.3) is 0 Å². The normalized spacial score (nSPS) is 33.1. The van der Waals surface area contributed by atoms with Crippen molar-refractivity contribution in [3.8, 4) is 0 Å². The van der Waals surface area contributed by atoms with Crippen molar-refractivity contribution in [2.75, 3.05) is 5.73 Å². The molecular weight excluding hydrogens is 284 g/mol. The van der Waals surface area contributed by atoms with Gasteiger partial charge >= 0.3 is 0 Å². The average molecular weight is 307 g/mol. The molecule has 1 amide bonds. The van der Waals surface area contributed by atoms with Crippen LogP contribution in [0.3, 0.4) is 0 Å². The summed E-state index contributed by atoms with van der Waals surface area (Å²) in [4.78, 5) is 12.6. The van der Waals surface area contributed by atoms with Gasteiger partial charge in [0.1, 0.15) is 0 Å². The number of anilines is 1. The quantitative estimate of drug-likeness (QED) is 0.815. The third-order valence-corrected chi connectivity index (χ3v) is 6.04. The zero-order valence-corrected chi connectivity index (χ0v) is 13.6. The summed E-state index contributed by atoms with van der Waals surface area (Å²) in [5.74, 6) is 0.617. The molecule has 1 aromatic rings. The maximum atomic E-state index is 12.6. The van der Waals surface area contributed by atoms with Gasteiger partial charge in [-0.3, -0.25) is 4.79 Å². The Hall–Kier alpha value is -1.22. The van der Waals surface area contributed by atoms with Gasteiger partial charge < -0.3 is 11.1 Å². The lowest BCUT2D eigenvalue weighted by atomic mass is 9.68. The molecule has 2 bridgehead atoms. The van der Waals surface area contributed by atoms with Crippen molar-refractivity contribution in [3.05, 3.63) is 28.8 Å². The van der Waals surface area contributed by atoms with Gasteiger partial charge in [-0.05, 0) is 54.2 Å². The molecule has 0 saturated heterocycles. The minimum atomic E-state index is -0.0870. The Balaban J connectivity index is 1.85. The van der Waals surface area contributed by atoms with Crippen LogP contribution in [0.15, 0.2) is 18.2 Å². The SMILES string of the molecule is CC12CCC(C1)C(C)(C)C2NC(=O)c1ccc(Cl)cc1N. The van der Waals surface area contributed by atoms with Gasteiger partial charge in [0.25, 0.3) is 5.91 Å². The minimum Gasteiger partial charge on any atom is -0.398 e. The Labute approximate surface area is 131 Å². The summed E-state index contributed by atoms with van der Waals surface area (Å²) in [6, 6.07) is 5.24. The number of nitrogen functional groups attached to an aromatic ring is 1. The van der Waals surface area contributed by atoms with Gasteiger partial charge in [0.15, 0.2) is 0 Å². The second-order valence-electron chi connectivity index (χ2n) is 7.55. The molecule has 3 atom stereocenters. The Kier molecular flexibility index (Phi) is 3.25. The van der Waals surface area contributed by atoms with Crippen molar-refractivity contribution in [1.29, 1.82) is 0 Å². The summed E-state index contributed by atoms with van der Waals surface area (Å²) < 4.78 is 0. The summed E-state index contributed by atoms with van der Waals surface area (Å²) in [5.41, 5.74) is 7.24. The maximum Gasteiger partial charge on any atom is 0.253 e. The molecule has 1 aromatic carbocycles. The van der Waals surface area contributed by atoms with E-state index in [1.165, 1.54) is 19.3 Å². The molecule has 0 spiro atoms. The molecule has 4 heteroatoms. The fourth-order valence-corrected chi connectivity index (χ4v) is 4.79. The van der Waals surface area contributed by atoms with Crippen molar-refractivity contribution >= 4 is 23.2 Å². The molecule has 0 radical (unpaired) electrons. The Morgan fingerprint density at radius 2 is 2.10 bits per heavy atom. The first-order valence-corrected chi connectivity index (χ1v) is 7.98. The van der Waals surface area contributed by atoms with Crippen molar-refractivity contribution in [1.82, 2.24) is 5.32 Å². The molecule has 3 rings (SSSR count). The summed E-state index contributed by atoms with van der Waals surface area (Å²) in [7, 11) is 0. The van der Waals surface area contributed by atoms with Crippen molar-refractivity contribution in [3.63, 3.8) is 0 Å². The Morgan fingerprint density at radius 1 is 1.38 bits per heavy atom. The number of hydrogen-bond acceptors (Lipinski definition) is 2. The van der Waals surface area contributed by atoms with Gasteiger partial charge in [-0.2, -0.15) is 0 Å². The number of nitrogens with one attached hydrogen (secondary N) is 1. The molecule has 0 aliphatic heterocycles. The van der Waals surface area contributed by atoms with Crippen LogP contribution < -0.4 is 11.1 Å². The first-order valence-electron chi connectivity index (χ1n) is 7.60. The van der Waals surface area contributed by atoms with Gasteiger partial charge in [-0.25, -0.2) is 0 Å². The van der Waals surface area contributed by atoms with Crippen LogP contribution in [-0.2, 0) is 0 Å². The zero-order chi connectivity index (χ0) is 15.4. The number of nitrogens with two attached hydrogens (primary N) is 1. The van der Waals surface area contributed by atoms with Crippen LogP contribution in [-0.4, -0.2) is 11.9 Å². The average Bonchev–Trinajstić information content (AvgIpc) is 2.85.